The van der Waals surface area contributed by atoms with Crippen LogP contribution in [-0.2, 0) is 10.5 Å². The number of hydrogen-bond donors (Lipinski definition) is 3. The molecule has 0 aliphatic heterocycles. The van der Waals surface area contributed by atoms with Crippen LogP contribution in [0, 0.1) is 0 Å². The molecule has 1 saturated carbocycles. The molecule has 130 valence electrons. The third-order valence-corrected chi connectivity index (χ3v) is 4.94. The number of fused-ring (bicyclic) bond motifs is 1. The maximum Gasteiger partial charge on any atom is 0.221 e. The molecule has 1 aliphatic rings. The van der Waals surface area contributed by atoms with E-state index < -0.39 is 5.66 Å². The minimum absolute atomic E-state index is 0.00779. The third kappa shape index (κ3) is 2.45. The molecule has 3 aromatic rings. The Bertz CT molecular complexity index is 920. The van der Waals surface area contributed by atoms with Gasteiger partial charge in [-0.05, 0) is 31.7 Å². The van der Waals surface area contributed by atoms with Crippen LogP contribution in [0.25, 0.3) is 22.3 Å². The third-order valence-electron chi connectivity index (χ3n) is 4.94. The lowest BCUT2D eigenvalue weighted by atomic mass is 10.1. The van der Waals surface area contributed by atoms with E-state index in [4.69, 9.17) is 5.73 Å². The van der Waals surface area contributed by atoms with Gasteiger partial charge in [-0.15, -0.1) is 0 Å². The second-order valence-electron chi connectivity index (χ2n) is 6.46. The van der Waals surface area contributed by atoms with Gasteiger partial charge in [0.2, 0.25) is 5.91 Å². The van der Waals surface area contributed by atoms with Crippen LogP contribution in [0.4, 0.5) is 5.82 Å². The van der Waals surface area contributed by atoms with Gasteiger partial charge in [-0.25, -0.2) is 14.6 Å². The maximum absolute atomic E-state index is 12.1. The lowest BCUT2D eigenvalue weighted by molar-refractivity contribution is -0.124. The van der Waals surface area contributed by atoms with E-state index in [9.17, 15) is 4.79 Å². The zero-order chi connectivity index (χ0) is 17.4. The smallest absolute Gasteiger partial charge is 0.221 e. The fraction of sp³-hybridized carbons (Fsp3) is 0.412. The number of nitrogens with two attached hydrogens (primary N) is 1. The zero-order valence-electron chi connectivity index (χ0n) is 14.1. The number of nitrogens with one attached hydrogen (secondary N) is 2. The van der Waals surface area contributed by atoms with Gasteiger partial charge in [0.05, 0.1) is 17.5 Å². The summed E-state index contributed by atoms with van der Waals surface area (Å²) in [7, 11) is 0. The van der Waals surface area contributed by atoms with Gasteiger partial charge in [0, 0.05) is 18.0 Å². The SMILES string of the molecule is CCC(=O)NC1(n2ncc(-c3ncnc4[nH]ccc34)c2N)CCCC1. The minimum Gasteiger partial charge on any atom is -0.383 e. The summed E-state index contributed by atoms with van der Waals surface area (Å²) in [6, 6.07) is 1.92. The summed E-state index contributed by atoms with van der Waals surface area (Å²) < 4.78 is 1.77. The Morgan fingerprint density at radius 3 is 2.96 bits per heavy atom. The number of aromatic amines is 1. The highest BCUT2D eigenvalue weighted by molar-refractivity contribution is 5.93. The molecule has 1 amide bonds. The Kier molecular flexibility index (Phi) is 3.67. The largest absolute Gasteiger partial charge is 0.383 e. The van der Waals surface area contributed by atoms with Crippen LogP contribution in [0.5, 0.6) is 0 Å². The summed E-state index contributed by atoms with van der Waals surface area (Å²) in [6.07, 6.45) is 9.22. The van der Waals surface area contributed by atoms with E-state index in [0.29, 0.717) is 12.2 Å². The molecule has 0 atom stereocenters. The number of carbonyl (C=O) groups excluding carboxylic acids is 1. The number of carbonyl (C=O) groups is 1. The van der Waals surface area contributed by atoms with Crippen LogP contribution in [-0.4, -0.2) is 30.6 Å². The van der Waals surface area contributed by atoms with Crippen molar-refractivity contribution < 1.29 is 4.79 Å². The quantitative estimate of drug-likeness (QED) is 0.674. The van der Waals surface area contributed by atoms with Crippen molar-refractivity contribution >= 4 is 22.8 Å². The number of nitrogens with zero attached hydrogens (tertiary/aromatic N) is 4. The lowest BCUT2D eigenvalue weighted by Crippen LogP contribution is -2.49. The monoisotopic (exact) mass is 339 g/mol. The van der Waals surface area contributed by atoms with Gasteiger partial charge in [0.15, 0.2) is 0 Å². The molecule has 0 bridgehead atoms. The van der Waals surface area contributed by atoms with Crippen LogP contribution in [0.1, 0.15) is 39.0 Å². The minimum atomic E-state index is -0.542. The molecule has 0 spiro atoms. The highest BCUT2D eigenvalue weighted by Crippen LogP contribution is 2.38. The highest BCUT2D eigenvalue weighted by Gasteiger charge is 2.39. The fourth-order valence-corrected chi connectivity index (χ4v) is 3.67. The molecule has 8 nitrogen and oxygen atoms in total. The first-order valence-electron chi connectivity index (χ1n) is 8.58. The van der Waals surface area contributed by atoms with Gasteiger partial charge >= 0.3 is 0 Å². The Hall–Kier alpha value is -2.90. The normalized spacial score (nSPS) is 16.4. The number of anilines is 1. The van der Waals surface area contributed by atoms with Crippen molar-refractivity contribution in [2.24, 2.45) is 0 Å². The molecule has 0 aromatic carbocycles. The summed E-state index contributed by atoms with van der Waals surface area (Å²) in [4.78, 5) is 23.7. The molecule has 0 unspecified atom stereocenters. The Labute approximate surface area is 144 Å². The van der Waals surface area contributed by atoms with E-state index in [1.54, 1.807) is 10.9 Å². The first kappa shape index (κ1) is 15.6. The Balaban J connectivity index is 1.80. The average Bonchev–Trinajstić information content (AvgIpc) is 3.34. The molecule has 8 heteroatoms. The van der Waals surface area contributed by atoms with E-state index in [0.717, 1.165) is 48.0 Å². The summed E-state index contributed by atoms with van der Waals surface area (Å²) in [6.45, 7) is 1.85. The van der Waals surface area contributed by atoms with Crippen molar-refractivity contribution in [2.45, 2.75) is 44.7 Å². The molecule has 4 N–H and O–H groups in total. The summed E-state index contributed by atoms with van der Waals surface area (Å²) in [5.41, 5.74) is 8.16. The van der Waals surface area contributed by atoms with E-state index in [-0.39, 0.29) is 5.91 Å². The number of H-pyrrole nitrogens is 1. The van der Waals surface area contributed by atoms with Crippen LogP contribution >= 0.6 is 0 Å². The van der Waals surface area contributed by atoms with Gasteiger partial charge in [-0.3, -0.25) is 4.79 Å². The molecule has 1 fully saturated rings. The van der Waals surface area contributed by atoms with Gasteiger partial charge < -0.3 is 16.0 Å². The molecule has 0 saturated heterocycles. The van der Waals surface area contributed by atoms with E-state index >= 15 is 0 Å². The predicted molar refractivity (Wildman–Crippen MR) is 94.4 cm³/mol. The van der Waals surface area contributed by atoms with Gasteiger partial charge in [0.1, 0.15) is 23.5 Å². The Morgan fingerprint density at radius 2 is 2.20 bits per heavy atom. The predicted octanol–water partition coefficient (Wildman–Crippen LogP) is 2.16. The van der Waals surface area contributed by atoms with Crippen molar-refractivity contribution in [3.05, 3.63) is 24.8 Å². The van der Waals surface area contributed by atoms with Crippen molar-refractivity contribution in [2.75, 3.05) is 5.73 Å². The number of aromatic nitrogens is 5. The van der Waals surface area contributed by atoms with Crippen LogP contribution in [0.2, 0.25) is 0 Å². The summed E-state index contributed by atoms with van der Waals surface area (Å²) >= 11 is 0. The molecule has 1 aliphatic carbocycles. The van der Waals surface area contributed by atoms with E-state index in [1.807, 2.05) is 19.2 Å². The highest BCUT2D eigenvalue weighted by atomic mass is 16.1. The fourth-order valence-electron chi connectivity index (χ4n) is 3.67. The average molecular weight is 339 g/mol. The van der Waals surface area contributed by atoms with Crippen molar-refractivity contribution in [1.29, 1.82) is 0 Å². The maximum atomic E-state index is 12.1. The molecule has 0 radical (unpaired) electrons. The van der Waals surface area contributed by atoms with Crippen molar-refractivity contribution in [3.8, 4) is 11.3 Å². The number of rotatable bonds is 4. The van der Waals surface area contributed by atoms with Gasteiger partial charge in [-0.2, -0.15) is 5.10 Å². The van der Waals surface area contributed by atoms with Gasteiger partial charge in [-0.1, -0.05) is 6.92 Å². The molecular formula is C17H21N7O. The zero-order valence-corrected chi connectivity index (χ0v) is 14.1. The standard InChI is InChI=1S/C17H21N7O/c1-2-13(25)23-17(6-3-4-7-17)24-15(18)12(9-22-24)14-11-5-8-19-16(11)21-10-20-14/h5,8-10H,2-4,6-7,18H2,1H3,(H,23,25)(H,19,20,21). The molecule has 4 rings (SSSR count). The molecule has 25 heavy (non-hydrogen) atoms. The number of hydrogen-bond acceptors (Lipinski definition) is 5. The molecule has 3 aromatic heterocycles. The Morgan fingerprint density at radius 1 is 1.40 bits per heavy atom. The second kappa shape index (κ2) is 5.87. The van der Waals surface area contributed by atoms with Crippen LogP contribution in [0.3, 0.4) is 0 Å². The van der Waals surface area contributed by atoms with Crippen LogP contribution < -0.4 is 11.1 Å². The van der Waals surface area contributed by atoms with Crippen molar-refractivity contribution in [1.82, 2.24) is 30.0 Å². The number of nitrogen functional groups attached to an aromatic ring is 1. The van der Waals surface area contributed by atoms with Crippen LogP contribution in [0.15, 0.2) is 24.8 Å². The first-order chi connectivity index (χ1) is 12.1. The van der Waals surface area contributed by atoms with E-state index in [2.05, 4.69) is 25.4 Å². The summed E-state index contributed by atoms with van der Waals surface area (Å²) in [5.74, 6) is 0.521. The van der Waals surface area contributed by atoms with E-state index in [1.165, 1.54) is 6.33 Å². The lowest BCUT2D eigenvalue weighted by Gasteiger charge is -2.31. The second-order valence-corrected chi connectivity index (χ2v) is 6.46. The molecule has 3 heterocycles. The number of amides is 1. The summed E-state index contributed by atoms with van der Waals surface area (Å²) in [5, 5.41) is 8.57. The first-order valence-corrected chi connectivity index (χ1v) is 8.58. The molecular weight excluding hydrogens is 318 g/mol. The topological polar surface area (TPSA) is 115 Å². The van der Waals surface area contributed by atoms with Gasteiger partial charge in [0.25, 0.3) is 0 Å². The van der Waals surface area contributed by atoms with Crippen molar-refractivity contribution in [3.63, 3.8) is 0 Å².